The van der Waals surface area contributed by atoms with Gasteiger partial charge in [0.15, 0.2) is 6.61 Å². The van der Waals surface area contributed by atoms with Crippen molar-refractivity contribution < 1.29 is 23.9 Å². The van der Waals surface area contributed by atoms with Gasteiger partial charge in [-0.25, -0.2) is 0 Å². The number of benzene rings is 1. The first-order valence-electron chi connectivity index (χ1n) is 5.90. The number of carbonyl (C=O) groups is 3. The Bertz CT molecular complexity index is 570. The third-order valence-corrected chi connectivity index (χ3v) is 2.80. The van der Waals surface area contributed by atoms with Gasteiger partial charge in [-0.2, -0.15) is 0 Å². The van der Waals surface area contributed by atoms with E-state index in [2.05, 4.69) is 10.1 Å². The molecule has 2 amide bonds. The Morgan fingerprint density at radius 1 is 1.45 bits per heavy atom. The van der Waals surface area contributed by atoms with Crippen molar-refractivity contribution in [3.05, 3.63) is 23.8 Å². The lowest BCUT2D eigenvalue weighted by Crippen LogP contribution is -2.33. The van der Waals surface area contributed by atoms with Gasteiger partial charge >= 0.3 is 5.97 Å². The SMILES string of the molecule is COC(=O)CN(C)C(=O)c1ccc2c(c1)OCC(=O)N2. The van der Waals surface area contributed by atoms with Crippen molar-refractivity contribution >= 4 is 23.5 Å². The van der Waals surface area contributed by atoms with Crippen molar-refractivity contribution in [2.75, 3.05) is 32.6 Å². The van der Waals surface area contributed by atoms with Crippen LogP contribution in [0.25, 0.3) is 0 Å². The van der Waals surface area contributed by atoms with Crippen LogP contribution in [0.1, 0.15) is 10.4 Å². The molecule has 1 aromatic carbocycles. The van der Waals surface area contributed by atoms with Gasteiger partial charge in [0.2, 0.25) is 0 Å². The highest BCUT2D eigenvalue weighted by atomic mass is 16.5. The number of ether oxygens (including phenoxy) is 2. The number of hydrogen-bond acceptors (Lipinski definition) is 5. The quantitative estimate of drug-likeness (QED) is 0.802. The van der Waals surface area contributed by atoms with Crippen LogP contribution in [0.15, 0.2) is 18.2 Å². The number of hydrogen-bond donors (Lipinski definition) is 1. The zero-order valence-corrected chi connectivity index (χ0v) is 11.1. The summed E-state index contributed by atoms with van der Waals surface area (Å²) in [7, 11) is 2.76. The van der Waals surface area contributed by atoms with Crippen LogP contribution >= 0.6 is 0 Å². The minimum atomic E-state index is -0.498. The molecule has 0 atom stereocenters. The van der Waals surface area contributed by atoms with E-state index >= 15 is 0 Å². The highest BCUT2D eigenvalue weighted by molar-refractivity contribution is 5.99. The summed E-state index contributed by atoms with van der Waals surface area (Å²) in [4.78, 5) is 35.6. The first-order valence-corrected chi connectivity index (χ1v) is 5.90. The van der Waals surface area contributed by atoms with Crippen molar-refractivity contribution in [3.63, 3.8) is 0 Å². The van der Waals surface area contributed by atoms with E-state index in [4.69, 9.17) is 4.74 Å². The molecule has 0 aromatic heterocycles. The van der Waals surface area contributed by atoms with Crippen LogP contribution in [0.5, 0.6) is 5.75 Å². The lowest BCUT2D eigenvalue weighted by atomic mass is 10.1. The summed E-state index contributed by atoms with van der Waals surface area (Å²) in [6.07, 6.45) is 0. The Kier molecular flexibility index (Phi) is 3.88. The van der Waals surface area contributed by atoms with Crippen LogP contribution in [0.4, 0.5) is 5.69 Å². The number of fused-ring (bicyclic) bond motifs is 1. The first-order chi connectivity index (χ1) is 9.51. The fraction of sp³-hybridized carbons (Fsp3) is 0.308. The third-order valence-electron chi connectivity index (χ3n) is 2.80. The molecule has 20 heavy (non-hydrogen) atoms. The van der Waals surface area contributed by atoms with Crippen LogP contribution in [0.2, 0.25) is 0 Å². The van der Waals surface area contributed by atoms with Gasteiger partial charge < -0.3 is 19.7 Å². The molecule has 1 heterocycles. The monoisotopic (exact) mass is 278 g/mol. The van der Waals surface area contributed by atoms with Crippen LogP contribution in [0, 0.1) is 0 Å². The van der Waals surface area contributed by atoms with Gasteiger partial charge in [-0.3, -0.25) is 14.4 Å². The van der Waals surface area contributed by atoms with Gasteiger partial charge in [-0.05, 0) is 18.2 Å². The van der Waals surface area contributed by atoms with E-state index in [1.807, 2.05) is 0 Å². The van der Waals surface area contributed by atoms with Crippen molar-refractivity contribution in [2.24, 2.45) is 0 Å². The summed E-state index contributed by atoms with van der Waals surface area (Å²) in [5, 5.41) is 2.63. The predicted molar refractivity (Wildman–Crippen MR) is 69.5 cm³/mol. The van der Waals surface area contributed by atoms with E-state index in [0.29, 0.717) is 17.0 Å². The van der Waals surface area contributed by atoms with Gasteiger partial charge in [0.25, 0.3) is 11.8 Å². The smallest absolute Gasteiger partial charge is 0.325 e. The highest BCUT2D eigenvalue weighted by Crippen LogP contribution is 2.28. The van der Waals surface area contributed by atoms with E-state index in [0.717, 1.165) is 0 Å². The minimum Gasteiger partial charge on any atom is -0.482 e. The Labute approximate surface area is 115 Å². The normalized spacial score (nSPS) is 12.8. The molecule has 0 aliphatic carbocycles. The molecule has 0 saturated heterocycles. The molecule has 0 fully saturated rings. The van der Waals surface area contributed by atoms with E-state index < -0.39 is 5.97 Å². The van der Waals surface area contributed by atoms with Gasteiger partial charge in [0.05, 0.1) is 12.8 Å². The molecular weight excluding hydrogens is 264 g/mol. The predicted octanol–water partition coefficient (Wildman–Crippen LogP) is 0.262. The number of esters is 1. The second-order valence-electron chi connectivity index (χ2n) is 4.29. The molecule has 1 N–H and O–H groups in total. The number of nitrogens with zero attached hydrogens (tertiary/aromatic N) is 1. The Hall–Kier alpha value is -2.57. The van der Waals surface area contributed by atoms with Crippen LogP contribution in [-0.4, -0.2) is 50.0 Å². The molecule has 1 aliphatic heterocycles. The second kappa shape index (κ2) is 5.60. The second-order valence-corrected chi connectivity index (χ2v) is 4.29. The summed E-state index contributed by atoms with van der Waals surface area (Å²) < 4.78 is 9.74. The molecule has 0 spiro atoms. The van der Waals surface area contributed by atoms with Crippen molar-refractivity contribution in [1.82, 2.24) is 4.90 Å². The number of likely N-dealkylation sites (N-methyl/N-ethyl adjacent to an activating group) is 1. The Balaban J connectivity index is 2.15. The average Bonchev–Trinajstić information content (AvgIpc) is 2.45. The number of nitrogens with one attached hydrogen (secondary N) is 1. The van der Waals surface area contributed by atoms with Crippen molar-refractivity contribution in [2.45, 2.75) is 0 Å². The summed E-state index contributed by atoms with van der Waals surface area (Å²) in [5.41, 5.74) is 0.889. The Morgan fingerprint density at radius 3 is 2.90 bits per heavy atom. The van der Waals surface area contributed by atoms with Crippen LogP contribution < -0.4 is 10.1 Å². The van der Waals surface area contributed by atoms with Crippen molar-refractivity contribution in [3.8, 4) is 5.75 Å². The summed E-state index contributed by atoms with van der Waals surface area (Å²) >= 11 is 0. The highest BCUT2D eigenvalue weighted by Gasteiger charge is 2.20. The molecule has 1 aromatic rings. The number of amides is 2. The van der Waals surface area contributed by atoms with Crippen LogP contribution in [-0.2, 0) is 14.3 Å². The number of carbonyl (C=O) groups excluding carboxylic acids is 3. The first kappa shape index (κ1) is 13.9. The minimum absolute atomic E-state index is 0.0807. The van der Waals surface area contributed by atoms with Gasteiger partial charge in [-0.1, -0.05) is 0 Å². The average molecular weight is 278 g/mol. The molecular formula is C13H14N2O5. The molecule has 0 radical (unpaired) electrons. The molecule has 7 nitrogen and oxygen atoms in total. The molecule has 2 rings (SSSR count). The largest absolute Gasteiger partial charge is 0.482 e. The van der Waals surface area contributed by atoms with E-state index in [1.165, 1.54) is 25.1 Å². The van der Waals surface area contributed by atoms with E-state index in [-0.39, 0.29) is 25.0 Å². The topological polar surface area (TPSA) is 84.9 Å². The molecule has 0 bridgehead atoms. The molecule has 0 unspecified atom stereocenters. The number of rotatable bonds is 3. The maximum absolute atomic E-state index is 12.1. The van der Waals surface area contributed by atoms with E-state index in [9.17, 15) is 14.4 Å². The lowest BCUT2D eigenvalue weighted by molar-refractivity contribution is -0.141. The zero-order chi connectivity index (χ0) is 14.7. The zero-order valence-electron chi connectivity index (χ0n) is 11.1. The standard InChI is InChI=1S/C13H14N2O5/c1-15(6-12(17)19-2)13(18)8-3-4-9-10(5-8)20-7-11(16)14-9/h3-5H,6-7H2,1-2H3,(H,14,16). The third kappa shape index (κ3) is 2.87. The maximum Gasteiger partial charge on any atom is 0.325 e. The van der Waals surface area contributed by atoms with Crippen molar-refractivity contribution in [1.29, 1.82) is 0 Å². The van der Waals surface area contributed by atoms with Gasteiger partial charge in [0, 0.05) is 12.6 Å². The molecule has 0 saturated carbocycles. The van der Waals surface area contributed by atoms with Gasteiger partial charge in [0.1, 0.15) is 12.3 Å². The van der Waals surface area contributed by atoms with Crippen LogP contribution in [0.3, 0.4) is 0 Å². The molecule has 106 valence electrons. The lowest BCUT2D eigenvalue weighted by Gasteiger charge is -2.20. The number of methoxy groups -OCH3 is 1. The van der Waals surface area contributed by atoms with Gasteiger partial charge in [-0.15, -0.1) is 0 Å². The molecule has 7 heteroatoms. The Morgan fingerprint density at radius 2 is 2.20 bits per heavy atom. The molecule has 1 aliphatic rings. The summed E-state index contributed by atoms with van der Waals surface area (Å²) in [6.45, 7) is -0.216. The number of anilines is 1. The fourth-order valence-corrected chi connectivity index (χ4v) is 1.76. The fourth-order valence-electron chi connectivity index (χ4n) is 1.76. The summed E-state index contributed by atoms with van der Waals surface area (Å²) in [5.74, 6) is -0.637. The summed E-state index contributed by atoms with van der Waals surface area (Å²) in [6, 6.07) is 4.68. The van der Waals surface area contributed by atoms with E-state index in [1.54, 1.807) is 12.1 Å². The maximum atomic E-state index is 12.1.